The van der Waals surface area contributed by atoms with Crippen molar-refractivity contribution in [3.63, 3.8) is 0 Å². The van der Waals surface area contributed by atoms with Gasteiger partial charge in [0.1, 0.15) is 0 Å². The van der Waals surface area contributed by atoms with Crippen molar-refractivity contribution in [2.24, 2.45) is 0 Å². The highest BCUT2D eigenvalue weighted by molar-refractivity contribution is 7.99. The molecule has 2 rings (SSSR count). The largest absolute Gasteiger partial charge is 0.399 e. The third kappa shape index (κ3) is 4.91. The van der Waals surface area contributed by atoms with Gasteiger partial charge < -0.3 is 11.1 Å². The molecule has 1 aromatic rings. The summed E-state index contributed by atoms with van der Waals surface area (Å²) in [6, 6.07) is 5.87. The highest BCUT2D eigenvalue weighted by Gasteiger charge is 2.15. The van der Waals surface area contributed by atoms with E-state index in [1.807, 2.05) is 12.1 Å². The Kier molecular flexibility index (Phi) is 6.05. The number of nitrogens with one attached hydrogen (secondary N) is 1. The number of rotatable bonds is 5. The molecule has 1 fully saturated rings. The molecule has 5 heteroatoms. The maximum Gasteiger partial charge on any atom is 0.221 e. The molecular weight excluding hydrogens is 292 g/mol. The first kappa shape index (κ1) is 15.5. The third-order valence-corrected chi connectivity index (χ3v) is 5.01. The zero-order chi connectivity index (χ0) is 14.4. The Morgan fingerprint density at radius 1 is 1.35 bits per heavy atom. The second-order valence-electron chi connectivity index (χ2n) is 5.19. The molecule has 3 N–H and O–H groups in total. The van der Waals surface area contributed by atoms with Crippen molar-refractivity contribution >= 4 is 35.0 Å². The summed E-state index contributed by atoms with van der Waals surface area (Å²) < 4.78 is 0. The van der Waals surface area contributed by atoms with E-state index < -0.39 is 0 Å². The summed E-state index contributed by atoms with van der Waals surface area (Å²) in [6.45, 7) is 0. The Balaban J connectivity index is 1.70. The molecule has 0 aromatic heterocycles. The number of nitrogens with two attached hydrogens (primary N) is 1. The standard InChI is InChI=1S/C15H21ClN2OS/c16-13-10-11(17)6-7-14(13)20-9-8-15(19)18-12-4-2-1-3-5-12/h6-7,10,12H,1-5,8-9,17H2,(H,18,19). The summed E-state index contributed by atoms with van der Waals surface area (Å²) in [6.07, 6.45) is 6.56. The molecule has 0 unspecified atom stereocenters. The van der Waals surface area contributed by atoms with E-state index in [0.717, 1.165) is 23.5 Å². The van der Waals surface area contributed by atoms with Crippen LogP contribution in [0.4, 0.5) is 5.69 Å². The number of thioether (sulfide) groups is 1. The summed E-state index contributed by atoms with van der Waals surface area (Å²) in [5.41, 5.74) is 6.31. The topological polar surface area (TPSA) is 55.1 Å². The second-order valence-corrected chi connectivity index (χ2v) is 6.73. The maximum absolute atomic E-state index is 11.9. The molecule has 0 saturated heterocycles. The van der Waals surface area contributed by atoms with Crippen LogP contribution in [0.25, 0.3) is 0 Å². The van der Waals surface area contributed by atoms with E-state index in [-0.39, 0.29) is 5.91 Å². The predicted molar refractivity (Wildman–Crippen MR) is 86.2 cm³/mol. The van der Waals surface area contributed by atoms with Gasteiger partial charge in [0, 0.05) is 28.8 Å². The molecule has 1 aliphatic carbocycles. The fourth-order valence-corrected chi connectivity index (χ4v) is 3.66. The van der Waals surface area contributed by atoms with Gasteiger partial charge in [0.05, 0.1) is 5.02 Å². The van der Waals surface area contributed by atoms with Gasteiger partial charge in [-0.2, -0.15) is 0 Å². The monoisotopic (exact) mass is 312 g/mol. The van der Waals surface area contributed by atoms with Crippen LogP contribution in [0.3, 0.4) is 0 Å². The Morgan fingerprint density at radius 2 is 2.10 bits per heavy atom. The lowest BCUT2D eigenvalue weighted by Gasteiger charge is -2.22. The van der Waals surface area contributed by atoms with Gasteiger partial charge in [0.15, 0.2) is 0 Å². The lowest BCUT2D eigenvalue weighted by Crippen LogP contribution is -2.36. The first-order chi connectivity index (χ1) is 9.65. The highest BCUT2D eigenvalue weighted by Crippen LogP contribution is 2.29. The number of carbonyl (C=O) groups is 1. The van der Waals surface area contributed by atoms with E-state index in [9.17, 15) is 4.79 Å². The van der Waals surface area contributed by atoms with Crippen LogP contribution in [0.1, 0.15) is 38.5 Å². The van der Waals surface area contributed by atoms with Gasteiger partial charge >= 0.3 is 0 Å². The van der Waals surface area contributed by atoms with Crippen molar-refractivity contribution < 1.29 is 4.79 Å². The zero-order valence-corrected chi connectivity index (χ0v) is 13.1. The van der Waals surface area contributed by atoms with Gasteiger partial charge in [0.25, 0.3) is 0 Å². The van der Waals surface area contributed by atoms with Gasteiger partial charge in [-0.3, -0.25) is 4.79 Å². The number of anilines is 1. The smallest absolute Gasteiger partial charge is 0.221 e. The van der Waals surface area contributed by atoms with E-state index in [1.54, 1.807) is 17.8 Å². The normalized spacial score (nSPS) is 16.1. The minimum Gasteiger partial charge on any atom is -0.399 e. The van der Waals surface area contributed by atoms with Crippen LogP contribution in [0.15, 0.2) is 23.1 Å². The van der Waals surface area contributed by atoms with Crippen LogP contribution >= 0.6 is 23.4 Å². The van der Waals surface area contributed by atoms with E-state index in [4.69, 9.17) is 17.3 Å². The van der Waals surface area contributed by atoms with E-state index >= 15 is 0 Å². The summed E-state index contributed by atoms with van der Waals surface area (Å²) in [7, 11) is 0. The molecule has 1 aromatic carbocycles. The first-order valence-corrected chi connectivity index (χ1v) is 8.48. The van der Waals surface area contributed by atoms with Crippen LogP contribution in [0, 0.1) is 0 Å². The Hall–Kier alpha value is -0.870. The molecule has 0 heterocycles. The van der Waals surface area contributed by atoms with Crippen molar-refractivity contribution in [1.82, 2.24) is 5.32 Å². The average Bonchev–Trinajstić information content (AvgIpc) is 2.42. The number of hydrogen-bond donors (Lipinski definition) is 2. The van der Waals surface area contributed by atoms with Gasteiger partial charge in [-0.15, -0.1) is 11.8 Å². The second kappa shape index (κ2) is 7.79. The fraction of sp³-hybridized carbons (Fsp3) is 0.533. The molecule has 0 aliphatic heterocycles. The van der Waals surface area contributed by atoms with Gasteiger partial charge in [-0.25, -0.2) is 0 Å². The molecule has 3 nitrogen and oxygen atoms in total. The minimum atomic E-state index is 0.149. The molecule has 110 valence electrons. The van der Waals surface area contributed by atoms with Crippen LogP contribution in [-0.4, -0.2) is 17.7 Å². The Labute approximate surface area is 129 Å². The number of amides is 1. The molecule has 0 atom stereocenters. The quantitative estimate of drug-likeness (QED) is 0.641. The van der Waals surface area contributed by atoms with Crippen LogP contribution in [-0.2, 0) is 4.79 Å². The molecule has 0 spiro atoms. The fourth-order valence-electron chi connectivity index (χ4n) is 2.43. The molecule has 0 bridgehead atoms. The number of halogens is 1. The Bertz CT molecular complexity index is 461. The number of benzene rings is 1. The zero-order valence-electron chi connectivity index (χ0n) is 11.5. The van der Waals surface area contributed by atoms with Gasteiger partial charge in [0.2, 0.25) is 5.91 Å². The molecule has 1 amide bonds. The van der Waals surface area contributed by atoms with Crippen LogP contribution < -0.4 is 11.1 Å². The van der Waals surface area contributed by atoms with Crippen molar-refractivity contribution in [3.8, 4) is 0 Å². The molecule has 1 saturated carbocycles. The lowest BCUT2D eigenvalue weighted by atomic mass is 9.95. The van der Waals surface area contributed by atoms with Crippen molar-refractivity contribution in [2.75, 3.05) is 11.5 Å². The number of hydrogen-bond acceptors (Lipinski definition) is 3. The number of nitrogen functional groups attached to an aromatic ring is 1. The predicted octanol–water partition coefficient (Wildman–Crippen LogP) is 3.85. The van der Waals surface area contributed by atoms with E-state index in [1.165, 1.54) is 19.3 Å². The minimum absolute atomic E-state index is 0.149. The van der Waals surface area contributed by atoms with Crippen molar-refractivity contribution in [3.05, 3.63) is 23.2 Å². The maximum atomic E-state index is 11.9. The molecule has 1 aliphatic rings. The molecular formula is C15H21ClN2OS. The highest BCUT2D eigenvalue weighted by atomic mass is 35.5. The summed E-state index contributed by atoms with van der Waals surface area (Å²) in [4.78, 5) is 12.8. The van der Waals surface area contributed by atoms with E-state index in [0.29, 0.717) is 23.2 Å². The summed E-state index contributed by atoms with van der Waals surface area (Å²) >= 11 is 7.70. The summed E-state index contributed by atoms with van der Waals surface area (Å²) in [5.74, 6) is 0.887. The van der Waals surface area contributed by atoms with E-state index in [2.05, 4.69) is 5.32 Å². The lowest BCUT2D eigenvalue weighted by molar-refractivity contribution is -0.121. The van der Waals surface area contributed by atoms with Gasteiger partial charge in [-0.1, -0.05) is 30.9 Å². The first-order valence-electron chi connectivity index (χ1n) is 7.12. The van der Waals surface area contributed by atoms with Crippen molar-refractivity contribution in [1.29, 1.82) is 0 Å². The third-order valence-electron chi connectivity index (χ3n) is 3.51. The van der Waals surface area contributed by atoms with Crippen LogP contribution in [0.2, 0.25) is 5.02 Å². The van der Waals surface area contributed by atoms with Gasteiger partial charge in [-0.05, 0) is 31.0 Å². The molecule has 20 heavy (non-hydrogen) atoms. The molecule has 0 radical (unpaired) electrons. The average molecular weight is 313 g/mol. The van der Waals surface area contributed by atoms with Crippen molar-refractivity contribution in [2.45, 2.75) is 49.5 Å². The van der Waals surface area contributed by atoms with Crippen LogP contribution in [0.5, 0.6) is 0 Å². The Morgan fingerprint density at radius 3 is 2.80 bits per heavy atom. The SMILES string of the molecule is Nc1ccc(SCCC(=O)NC2CCCCC2)c(Cl)c1. The summed E-state index contributed by atoms with van der Waals surface area (Å²) in [5, 5.41) is 3.78. The number of carbonyl (C=O) groups excluding carboxylic acids is 1.